The lowest BCUT2D eigenvalue weighted by molar-refractivity contribution is 0.671. The highest BCUT2D eigenvalue weighted by molar-refractivity contribution is 8.00. The molecule has 0 rings (SSSR count). The van der Waals surface area contributed by atoms with E-state index in [4.69, 9.17) is 0 Å². The molecule has 55 valence electrons. The van der Waals surface area contributed by atoms with E-state index >= 15 is 0 Å². The summed E-state index contributed by atoms with van der Waals surface area (Å²) >= 11 is 1.83. The maximum atomic E-state index is 2.29. The van der Waals surface area contributed by atoms with Gasteiger partial charge < -0.3 is 0 Å². The minimum absolute atomic E-state index is 1.29. The molecule has 0 aromatic carbocycles. The molecule has 0 aliphatic heterocycles. The first kappa shape index (κ1) is 9.35. The monoisotopic (exact) mass is 145 g/mol. The lowest BCUT2D eigenvalue weighted by Gasteiger charge is -1.95. The van der Waals surface area contributed by atoms with Crippen molar-refractivity contribution in [1.29, 1.82) is 0 Å². The number of rotatable bonds is 6. The molecule has 0 aromatic heterocycles. The maximum absolute atomic E-state index is 2.29. The summed E-state index contributed by atoms with van der Waals surface area (Å²) in [6, 6.07) is 0. The topological polar surface area (TPSA) is 0 Å². The molecule has 0 fully saturated rings. The van der Waals surface area contributed by atoms with Crippen LogP contribution in [-0.4, -0.2) is 6.26 Å². The third-order valence-corrected chi connectivity index (χ3v) is 1.91. The van der Waals surface area contributed by atoms with E-state index in [-0.39, 0.29) is 0 Å². The fourth-order valence-corrected chi connectivity index (χ4v) is 1.17. The molecule has 1 radical (unpaired) electrons. The van der Waals surface area contributed by atoms with Crippen molar-refractivity contribution < 1.29 is 0 Å². The predicted molar refractivity (Wildman–Crippen MR) is 46.6 cm³/mol. The summed E-state index contributed by atoms with van der Waals surface area (Å²) in [5.41, 5.74) is 0. The molecule has 0 aliphatic rings. The Hall–Kier alpha value is 0.350. The van der Waals surface area contributed by atoms with Crippen molar-refractivity contribution in [3.63, 3.8) is 0 Å². The van der Waals surface area contributed by atoms with Crippen LogP contribution in [0.25, 0.3) is 0 Å². The molecule has 0 saturated heterocycles. The number of hydrogen-bond acceptors (Lipinski definition) is 1. The van der Waals surface area contributed by atoms with Crippen molar-refractivity contribution in [2.75, 3.05) is 6.26 Å². The smallest absolute Gasteiger partial charge is 0.0163 e. The molecular weight excluding hydrogens is 128 g/mol. The van der Waals surface area contributed by atoms with E-state index in [0.717, 1.165) is 0 Å². The number of hydrogen-bond donors (Lipinski definition) is 0. The van der Waals surface area contributed by atoms with Crippen LogP contribution in [0.4, 0.5) is 0 Å². The van der Waals surface area contributed by atoms with E-state index in [2.05, 4.69) is 18.9 Å². The Morgan fingerprint density at radius 3 is 2.56 bits per heavy atom. The van der Waals surface area contributed by atoms with Crippen molar-refractivity contribution in [3.05, 3.63) is 5.75 Å². The Balaban J connectivity index is 2.60. The van der Waals surface area contributed by atoms with Gasteiger partial charge in [-0.2, -0.15) is 11.8 Å². The van der Waals surface area contributed by atoms with Gasteiger partial charge in [0.1, 0.15) is 0 Å². The quantitative estimate of drug-likeness (QED) is 0.516. The average molecular weight is 145 g/mol. The molecule has 0 heterocycles. The third kappa shape index (κ3) is 8.35. The Kier molecular flexibility index (Phi) is 8.67. The van der Waals surface area contributed by atoms with Crippen LogP contribution in [-0.2, 0) is 0 Å². The summed E-state index contributed by atoms with van der Waals surface area (Å²) in [5.74, 6) is 2.29. The van der Waals surface area contributed by atoms with Crippen molar-refractivity contribution >= 4 is 11.8 Å². The fraction of sp³-hybridized carbons (Fsp3) is 0.875. The average Bonchev–Trinajstić information content (AvgIpc) is 1.89. The van der Waals surface area contributed by atoms with E-state index in [1.54, 1.807) is 0 Å². The molecule has 9 heavy (non-hydrogen) atoms. The third-order valence-electron chi connectivity index (χ3n) is 1.34. The van der Waals surface area contributed by atoms with Gasteiger partial charge in [0.2, 0.25) is 0 Å². The van der Waals surface area contributed by atoms with Crippen LogP contribution in [0.15, 0.2) is 0 Å². The first-order chi connectivity index (χ1) is 4.41. The number of thioether (sulfide) groups is 1. The zero-order valence-corrected chi connectivity index (χ0v) is 7.34. The number of unbranched alkanes of at least 4 members (excludes halogenated alkanes) is 4. The largest absolute Gasteiger partial charge is 0.161 e. The maximum Gasteiger partial charge on any atom is 0.0163 e. The standard InChI is InChI=1S/C8H17S/c1-3-4-5-6-7-8-9-2/h8H,3-7H2,1-2H3. The zero-order valence-electron chi connectivity index (χ0n) is 6.52. The summed E-state index contributed by atoms with van der Waals surface area (Å²) < 4.78 is 0. The van der Waals surface area contributed by atoms with Gasteiger partial charge in [-0.05, 0) is 12.7 Å². The van der Waals surface area contributed by atoms with Crippen LogP contribution >= 0.6 is 11.8 Å². The highest BCUT2D eigenvalue weighted by atomic mass is 32.2. The van der Waals surface area contributed by atoms with Gasteiger partial charge in [0.15, 0.2) is 0 Å². The van der Waals surface area contributed by atoms with Gasteiger partial charge in [0.05, 0.1) is 0 Å². The normalized spacial score (nSPS) is 10.0. The fourth-order valence-electron chi connectivity index (χ4n) is 0.772. The second-order valence-electron chi connectivity index (χ2n) is 2.25. The van der Waals surface area contributed by atoms with Crippen molar-refractivity contribution in [2.24, 2.45) is 0 Å². The van der Waals surface area contributed by atoms with Crippen molar-refractivity contribution in [3.8, 4) is 0 Å². The van der Waals surface area contributed by atoms with Gasteiger partial charge in [0.25, 0.3) is 0 Å². The Bertz CT molecular complexity index is 37.8. The molecule has 0 unspecified atom stereocenters. The highest BCUT2D eigenvalue weighted by Crippen LogP contribution is 2.09. The molecule has 0 amide bonds. The Morgan fingerprint density at radius 2 is 2.00 bits per heavy atom. The van der Waals surface area contributed by atoms with Crippen LogP contribution in [0, 0.1) is 5.75 Å². The lowest BCUT2D eigenvalue weighted by atomic mass is 10.2. The lowest BCUT2D eigenvalue weighted by Crippen LogP contribution is -1.75. The molecule has 0 bridgehead atoms. The summed E-state index contributed by atoms with van der Waals surface area (Å²) in [6.45, 7) is 2.25. The summed E-state index contributed by atoms with van der Waals surface area (Å²) in [4.78, 5) is 0. The minimum Gasteiger partial charge on any atom is -0.161 e. The van der Waals surface area contributed by atoms with E-state index in [1.165, 1.54) is 32.1 Å². The molecule has 0 aromatic rings. The molecule has 0 spiro atoms. The minimum atomic E-state index is 1.29. The van der Waals surface area contributed by atoms with Crippen LogP contribution in [0.2, 0.25) is 0 Å². The molecule has 1 heteroatoms. The first-order valence-corrected chi connectivity index (χ1v) is 5.05. The molecular formula is C8H17S. The van der Waals surface area contributed by atoms with E-state index in [9.17, 15) is 0 Å². The van der Waals surface area contributed by atoms with Gasteiger partial charge in [0, 0.05) is 5.75 Å². The van der Waals surface area contributed by atoms with Crippen molar-refractivity contribution in [2.45, 2.75) is 39.0 Å². The summed E-state index contributed by atoms with van der Waals surface area (Å²) in [7, 11) is 0. The van der Waals surface area contributed by atoms with E-state index in [0.29, 0.717) is 0 Å². The van der Waals surface area contributed by atoms with Crippen LogP contribution in [0.5, 0.6) is 0 Å². The van der Waals surface area contributed by atoms with Crippen LogP contribution < -0.4 is 0 Å². The Morgan fingerprint density at radius 1 is 1.22 bits per heavy atom. The van der Waals surface area contributed by atoms with Gasteiger partial charge >= 0.3 is 0 Å². The first-order valence-electron chi connectivity index (χ1n) is 3.76. The SMILES string of the molecule is CCCCCC[CH]SC. The van der Waals surface area contributed by atoms with Gasteiger partial charge in [-0.3, -0.25) is 0 Å². The zero-order chi connectivity index (χ0) is 6.95. The summed E-state index contributed by atoms with van der Waals surface area (Å²) in [6.07, 6.45) is 8.96. The molecule has 0 saturated carbocycles. The Labute approximate surface area is 63.4 Å². The van der Waals surface area contributed by atoms with E-state index < -0.39 is 0 Å². The molecule has 0 nitrogen and oxygen atoms in total. The van der Waals surface area contributed by atoms with E-state index in [1.807, 2.05) is 11.8 Å². The van der Waals surface area contributed by atoms with Crippen LogP contribution in [0.3, 0.4) is 0 Å². The van der Waals surface area contributed by atoms with Gasteiger partial charge in [-0.25, -0.2) is 0 Å². The summed E-state index contributed by atoms with van der Waals surface area (Å²) in [5, 5.41) is 0. The molecule has 0 atom stereocenters. The van der Waals surface area contributed by atoms with Gasteiger partial charge in [-0.1, -0.05) is 32.6 Å². The second-order valence-corrected chi connectivity index (χ2v) is 3.06. The highest BCUT2D eigenvalue weighted by Gasteiger charge is 1.86. The predicted octanol–water partition coefficient (Wildman–Crippen LogP) is 3.48. The molecule has 0 N–H and O–H groups in total. The van der Waals surface area contributed by atoms with Crippen molar-refractivity contribution in [1.82, 2.24) is 0 Å². The molecule has 0 aliphatic carbocycles. The van der Waals surface area contributed by atoms with Crippen LogP contribution in [0.1, 0.15) is 39.0 Å². The second kappa shape index (κ2) is 8.35. The van der Waals surface area contributed by atoms with Gasteiger partial charge in [-0.15, -0.1) is 0 Å².